The van der Waals surface area contributed by atoms with E-state index in [0.29, 0.717) is 45.3 Å². The van der Waals surface area contributed by atoms with Crippen LogP contribution in [-0.2, 0) is 21.7 Å². The predicted molar refractivity (Wildman–Crippen MR) is 157 cm³/mol. The van der Waals surface area contributed by atoms with Gasteiger partial charge in [0.15, 0.2) is 23.1 Å². The van der Waals surface area contributed by atoms with Crippen molar-refractivity contribution in [3.05, 3.63) is 118 Å². The molecular weight excluding hydrogens is 590 g/mol. The number of rotatable bonds is 8. The molecule has 0 saturated carbocycles. The van der Waals surface area contributed by atoms with E-state index in [-0.39, 0.29) is 29.1 Å². The highest BCUT2D eigenvalue weighted by Gasteiger charge is 2.48. The highest BCUT2D eigenvalue weighted by molar-refractivity contribution is 6.20. The standard InChI is InChI=1S/C25H19FN2O6.C8H7FO2/c1-31-17-7-5-16(6-8-17)25(30)18(11-14-3-10-22(32-2)19(26)12-14)23(24(29)33-25)15-4-9-20-21(13-15)28-34-27-20;1-11-8-3-2-6(5-10)4-7(8)9/h3-10,12-13,30H,11H2,1-2H3;2-5H,1H3. The zero-order valence-corrected chi connectivity index (χ0v) is 24.2. The molecule has 1 N–H and O–H groups in total. The first-order valence-corrected chi connectivity index (χ1v) is 13.4. The molecule has 4 aromatic carbocycles. The van der Waals surface area contributed by atoms with Crippen molar-refractivity contribution in [2.24, 2.45) is 0 Å². The molecular formula is C33H26F2N2O8. The maximum atomic E-state index is 14.4. The maximum absolute atomic E-state index is 14.4. The van der Waals surface area contributed by atoms with E-state index >= 15 is 0 Å². The van der Waals surface area contributed by atoms with Crippen molar-refractivity contribution in [1.82, 2.24) is 10.3 Å². The number of cyclic esters (lactones) is 1. The highest BCUT2D eigenvalue weighted by atomic mass is 19.1. The van der Waals surface area contributed by atoms with Crippen molar-refractivity contribution >= 4 is 28.9 Å². The number of aromatic nitrogens is 2. The van der Waals surface area contributed by atoms with Crippen LogP contribution in [0.25, 0.3) is 16.6 Å². The molecule has 1 atom stereocenters. The minimum absolute atomic E-state index is 0.0274. The molecule has 5 aromatic rings. The number of ether oxygens (including phenoxy) is 4. The summed E-state index contributed by atoms with van der Waals surface area (Å²) in [6, 6.07) is 19.9. The van der Waals surface area contributed by atoms with Gasteiger partial charge in [-0.1, -0.05) is 12.1 Å². The first kappa shape index (κ1) is 30.8. The van der Waals surface area contributed by atoms with Gasteiger partial charge < -0.3 is 24.1 Å². The van der Waals surface area contributed by atoms with Gasteiger partial charge in [0, 0.05) is 23.1 Å². The Balaban J connectivity index is 0.000000309. The fourth-order valence-corrected chi connectivity index (χ4v) is 4.81. The summed E-state index contributed by atoms with van der Waals surface area (Å²) in [5.74, 6) is -3.07. The van der Waals surface area contributed by atoms with Crippen LogP contribution in [0.5, 0.6) is 17.2 Å². The number of hydrogen-bond donors (Lipinski definition) is 1. The van der Waals surface area contributed by atoms with Gasteiger partial charge in [-0.2, -0.15) is 0 Å². The highest BCUT2D eigenvalue weighted by Crippen LogP contribution is 2.45. The van der Waals surface area contributed by atoms with E-state index in [2.05, 4.69) is 15.1 Å². The van der Waals surface area contributed by atoms with Gasteiger partial charge in [-0.3, -0.25) is 4.79 Å². The summed E-state index contributed by atoms with van der Waals surface area (Å²) < 4.78 is 52.3. The van der Waals surface area contributed by atoms with Crippen LogP contribution < -0.4 is 14.2 Å². The average molecular weight is 617 g/mol. The fraction of sp³-hybridized carbons (Fsp3) is 0.152. The summed E-state index contributed by atoms with van der Waals surface area (Å²) in [5.41, 5.74) is 2.96. The topological polar surface area (TPSA) is 130 Å². The lowest BCUT2D eigenvalue weighted by Crippen LogP contribution is -2.29. The molecule has 0 aliphatic carbocycles. The van der Waals surface area contributed by atoms with Gasteiger partial charge >= 0.3 is 5.97 Å². The predicted octanol–water partition coefficient (Wildman–Crippen LogP) is 5.42. The Hall–Kier alpha value is -5.62. The zero-order chi connectivity index (χ0) is 32.1. The lowest BCUT2D eigenvalue weighted by atomic mass is 9.88. The molecule has 0 spiro atoms. The van der Waals surface area contributed by atoms with E-state index in [1.807, 2.05) is 0 Å². The third kappa shape index (κ3) is 6.22. The Morgan fingerprint density at radius 3 is 2.11 bits per heavy atom. The Kier molecular flexibility index (Phi) is 8.86. The number of aldehydes is 1. The summed E-state index contributed by atoms with van der Waals surface area (Å²) in [4.78, 5) is 23.3. The Morgan fingerprint density at radius 2 is 1.49 bits per heavy atom. The molecule has 45 heavy (non-hydrogen) atoms. The molecule has 1 aliphatic heterocycles. The van der Waals surface area contributed by atoms with Crippen molar-refractivity contribution in [2.75, 3.05) is 21.3 Å². The van der Waals surface area contributed by atoms with E-state index in [9.17, 15) is 23.5 Å². The summed E-state index contributed by atoms with van der Waals surface area (Å²) >= 11 is 0. The summed E-state index contributed by atoms with van der Waals surface area (Å²) in [5, 5.41) is 19.3. The monoisotopic (exact) mass is 616 g/mol. The normalized spacial score (nSPS) is 15.7. The first-order valence-electron chi connectivity index (χ1n) is 13.4. The van der Waals surface area contributed by atoms with Crippen LogP contribution in [0.2, 0.25) is 0 Å². The number of hydrogen-bond acceptors (Lipinski definition) is 10. The number of benzene rings is 4. The molecule has 230 valence electrons. The molecule has 0 amide bonds. The van der Waals surface area contributed by atoms with E-state index in [0.717, 1.165) is 6.07 Å². The van der Waals surface area contributed by atoms with Crippen LogP contribution in [0.15, 0.2) is 89.1 Å². The van der Waals surface area contributed by atoms with Gasteiger partial charge in [0.05, 0.1) is 26.9 Å². The molecule has 10 nitrogen and oxygen atoms in total. The Morgan fingerprint density at radius 1 is 0.822 bits per heavy atom. The molecule has 0 fully saturated rings. The van der Waals surface area contributed by atoms with Crippen LogP contribution in [-0.4, -0.2) is 49.0 Å². The van der Waals surface area contributed by atoms with Crippen LogP contribution in [0.4, 0.5) is 8.78 Å². The number of carbonyl (C=O) groups is 2. The van der Waals surface area contributed by atoms with Gasteiger partial charge in [0.25, 0.3) is 5.79 Å². The number of aliphatic hydroxyl groups is 1. The number of esters is 1. The van der Waals surface area contributed by atoms with Crippen molar-refractivity contribution in [2.45, 2.75) is 12.2 Å². The fourth-order valence-electron chi connectivity index (χ4n) is 4.81. The molecule has 2 heterocycles. The Labute approximate surface area is 255 Å². The molecule has 1 aromatic heterocycles. The third-order valence-electron chi connectivity index (χ3n) is 7.09. The lowest BCUT2D eigenvalue weighted by Gasteiger charge is -2.26. The minimum atomic E-state index is -2.08. The molecule has 0 radical (unpaired) electrons. The van der Waals surface area contributed by atoms with Crippen molar-refractivity contribution in [1.29, 1.82) is 0 Å². The Bertz CT molecular complexity index is 1910. The van der Waals surface area contributed by atoms with Crippen LogP contribution >= 0.6 is 0 Å². The minimum Gasteiger partial charge on any atom is -0.497 e. The number of halogens is 2. The summed E-state index contributed by atoms with van der Waals surface area (Å²) in [7, 11) is 4.27. The number of methoxy groups -OCH3 is 3. The molecule has 0 bridgehead atoms. The van der Waals surface area contributed by atoms with Crippen molar-refractivity contribution in [3.63, 3.8) is 0 Å². The number of carbonyl (C=O) groups excluding carboxylic acids is 2. The molecule has 1 aliphatic rings. The third-order valence-corrected chi connectivity index (χ3v) is 7.09. The SMILES string of the molecule is COc1ccc(C2(O)OC(=O)C(c3ccc4nonc4c3)=C2Cc2ccc(OC)c(F)c2)cc1.COc1ccc(C=O)cc1F. The number of fused-ring (bicyclic) bond motifs is 1. The van der Waals surface area contributed by atoms with E-state index in [1.165, 1.54) is 45.6 Å². The van der Waals surface area contributed by atoms with E-state index < -0.39 is 23.4 Å². The van der Waals surface area contributed by atoms with Gasteiger partial charge in [0.1, 0.15) is 23.1 Å². The van der Waals surface area contributed by atoms with Gasteiger partial charge in [-0.15, -0.1) is 0 Å². The average Bonchev–Trinajstić information content (AvgIpc) is 3.62. The smallest absolute Gasteiger partial charge is 0.342 e. The lowest BCUT2D eigenvalue weighted by molar-refractivity contribution is -0.185. The van der Waals surface area contributed by atoms with Crippen LogP contribution in [0.1, 0.15) is 27.0 Å². The van der Waals surface area contributed by atoms with E-state index in [1.54, 1.807) is 48.5 Å². The molecule has 1 unspecified atom stereocenters. The second-order valence-electron chi connectivity index (χ2n) is 9.74. The summed E-state index contributed by atoms with van der Waals surface area (Å²) in [6.07, 6.45) is 0.613. The van der Waals surface area contributed by atoms with Crippen molar-refractivity contribution < 1.29 is 47.1 Å². The van der Waals surface area contributed by atoms with Crippen molar-refractivity contribution in [3.8, 4) is 17.2 Å². The van der Waals surface area contributed by atoms with Gasteiger partial charge in [-0.25, -0.2) is 18.2 Å². The second kappa shape index (κ2) is 12.9. The van der Waals surface area contributed by atoms with Crippen LogP contribution in [0, 0.1) is 11.6 Å². The van der Waals surface area contributed by atoms with Gasteiger partial charge in [0.2, 0.25) is 0 Å². The first-order chi connectivity index (χ1) is 21.7. The van der Waals surface area contributed by atoms with Gasteiger partial charge in [-0.05, 0) is 88.2 Å². The largest absolute Gasteiger partial charge is 0.497 e. The molecule has 6 rings (SSSR count). The van der Waals surface area contributed by atoms with Crippen LogP contribution in [0.3, 0.4) is 0 Å². The van der Waals surface area contributed by atoms with E-state index in [4.69, 9.17) is 18.8 Å². The molecule has 12 heteroatoms. The maximum Gasteiger partial charge on any atom is 0.342 e. The molecule has 0 saturated heterocycles. The zero-order valence-electron chi connectivity index (χ0n) is 24.2. The summed E-state index contributed by atoms with van der Waals surface area (Å²) in [6.45, 7) is 0. The number of nitrogens with zero attached hydrogens (tertiary/aromatic N) is 2. The quantitative estimate of drug-likeness (QED) is 0.178. The second-order valence-corrected chi connectivity index (χ2v) is 9.74.